The molecule has 0 aromatic carbocycles. The Balaban J connectivity index is 1.69. The molecule has 1 N–H and O–H groups in total. The van der Waals surface area contributed by atoms with Crippen LogP contribution in [0.5, 0.6) is 0 Å². The molecule has 0 aliphatic carbocycles. The lowest BCUT2D eigenvalue weighted by atomic mass is 10.3. The summed E-state index contributed by atoms with van der Waals surface area (Å²) in [5.74, 6) is -0.00491. The van der Waals surface area contributed by atoms with Crippen LogP contribution in [-0.4, -0.2) is 51.8 Å². The third-order valence-corrected chi connectivity index (χ3v) is 3.14. The van der Waals surface area contributed by atoms with Gasteiger partial charge in [-0.1, -0.05) is 0 Å². The number of carbonyl (C=O) groups excluding carboxylic acids is 1. The zero-order valence-corrected chi connectivity index (χ0v) is 10.2. The van der Waals surface area contributed by atoms with Crippen molar-refractivity contribution in [2.45, 2.75) is 25.8 Å². The molecule has 94 valence electrons. The zero-order chi connectivity index (χ0) is 12.1. The summed E-state index contributed by atoms with van der Waals surface area (Å²) in [6.07, 6.45) is 5.56. The molecule has 1 unspecified atom stereocenters. The number of amides is 1. The zero-order valence-electron chi connectivity index (χ0n) is 10.2. The summed E-state index contributed by atoms with van der Waals surface area (Å²) in [7, 11) is 0. The van der Waals surface area contributed by atoms with Gasteiger partial charge in [0.1, 0.15) is 18.7 Å². The van der Waals surface area contributed by atoms with E-state index in [9.17, 15) is 4.79 Å². The summed E-state index contributed by atoms with van der Waals surface area (Å²) in [6.45, 7) is 5.79. The van der Waals surface area contributed by atoms with E-state index in [0.717, 1.165) is 19.6 Å². The van der Waals surface area contributed by atoms with Gasteiger partial charge in [0.15, 0.2) is 0 Å². The highest BCUT2D eigenvalue weighted by Gasteiger charge is 2.16. The molecule has 1 amide bonds. The van der Waals surface area contributed by atoms with E-state index in [1.54, 1.807) is 11.0 Å². The minimum atomic E-state index is -0.295. The molecule has 1 aliphatic rings. The maximum absolute atomic E-state index is 11.8. The summed E-state index contributed by atoms with van der Waals surface area (Å²) < 4.78 is 1.56. The largest absolute Gasteiger partial charge is 0.353 e. The Morgan fingerprint density at radius 1 is 1.47 bits per heavy atom. The summed E-state index contributed by atoms with van der Waals surface area (Å²) in [5.41, 5.74) is 0. The molecular weight excluding hydrogens is 218 g/mol. The summed E-state index contributed by atoms with van der Waals surface area (Å²) in [6, 6.07) is -0.295. The Morgan fingerprint density at radius 2 is 2.24 bits per heavy atom. The monoisotopic (exact) mass is 237 g/mol. The maximum atomic E-state index is 11.8. The summed E-state index contributed by atoms with van der Waals surface area (Å²) in [5, 5.41) is 6.89. The van der Waals surface area contributed by atoms with Crippen LogP contribution in [0, 0.1) is 0 Å². The first-order valence-corrected chi connectivity index (χ1v) is 6.11. The van der Waals surface area contributed by atoms with Gasteiger partial charge in [-0.15, -0.1) is 0 Å². The van der Waals surface area contributed by atoms with Crippen molar-refractivity contribution in [3.8, 4) is 0 Å². The second-order valence-corrected chi connectivity index (χ2v) is 4.39. The second-order valence-electron chi connectivity index (χ2n) is 4.39. The SMILES string of the molecule is CC(C(=O)NCCN1CCCC1)n1cncn1. The molecule has 0 saturated carbocycles. The number of aromatic nitrogens is 3. The molecule has 17 heavy (non-hydrogen) atoms. The lowest BCUT2D eigenvalue weighted by molar-refractivity contribution is -0.124. The van der Waals surface area contributed by atoms with Crippen LogP contribution in [0.15, 0.2) is 12.7 Å². The first kappa shape index (κ1) is 12.0. The molecule has 2 rings (SSSR count). The van der Waals surface area contributed by atoms with Crippen molar-refractivity contribution >= 4 is 5.91 Å². The third-order valence-electron chi connectivity index (χ3n) is 3.14. The fourth-order valence-corrected chi connectivity index (χ4v) is 2.03. The van der Waals surface area contributed by atoms with Gasteiger partial charge in [-0.2, -0.15) is 5.10 Å². The van der Waals surface area contributed by atoms with Crippen molar-refractivity contribution in [2.24, 2.45) is 0 Å². The lowest BCUT2D eigenvalue weighted by Crippen LogP contribution is -2.37. The molecule has 6 heteroatoms. The van der Waals surface area contributed by atoms with Gasteiger partial charge in [-0.3, -0.25) is 4.79 Å². The van der Waals surface area contributed by atoms with Crippen LogP contribution < -0.4 is 5.32 Å². The predicted octanol–water partition coefficient (Wildman–Crippen LogP) is 0.0511. The van der Waals surface area contributed by atoms with Crippen LogP contribution in [0.1, 0.15) is 25.8 Å². The molecule has 1 fully saturated rings. The van der Waals surface area contributed by atoms with Gasteiger partial charge < -0.3 is 10.2 Å². The highest BCUT2D eigenvalue weighted by atomic mass is 16.2. The number of hydrogen-bond donors (Lipinski definition) is 1. The van der Waals surface area contributed by atoms with Gasteiger partial charge in [-0.25, -0.2) is 9.67 Å². The van der Waals surface area contributed by atoms with E-state index in [0.29, 0.717) is 6.54 Å². The lowest BCUT2D eigenvalue weighted by Gasteiger charge is -2.16. The van der Waals surface area contributed by atoms with Crippen molar-refractivity contribution < 1.29 is 4.79 Å². The van der Waals surface area contributed by atoms with Gasteiger partial charge in [0.25, 0.3) is 0 Å². The van der Waals surface area contributed by atoms with Crippen LogP contribution in [0.4, 0.5) is 0 Å². The molecule has 6 nitrogen and oxygen atoms in total. The second kappa shape index (κ2) is 5.77. The Morgan fingerprint density at radius 3 is 2.88 bits per heavy atom. The molecular formula is C11H19N5O. The molecule has 0 radical (unpaired) electrons. The minimum Gasteiger partial charge on any atom is -0.353 e. The van der Waals surface area contributed by atoms with E-state index in [1.165, 1.54) is 19.2 Å². The van der Waals surface area contributed by atoms with Gasteiger partial charge in [0, 0.05) is 13.1 Å². The summed E-state index contributed by atoms with van der Waals surface area (Å²) in [4.78, 5) is 18.0. The first-order valence-electron chi connectivity index (χ1n) is 6.11. The molecule has 0 bridgehead atoms. The van der Waals surface area contributed by atoms with Gasteiger partial charge >= 0.3 is 0 Å². The highest BCUT2D eigenvalue weighted by molar-refractivity contribution is 5.79. The number of carbonyl (C=O) groups is 1. The maximum Gasteiger partial charge on any atom is 0.244 e. The standard InChI is InChI=1S/C11H19N5O/c1-10(16-9-12-8-14-16)11(17)13-4-7-15-5-2-3-6-15/h8-10H,2-7H2,1H3,(H,13,17). The number of rotatable bonds is 5. The predicted molar refractivity (Wildman–Crippen MR) is 63.4 cm³/mol. The van der Waals surface area contributed by atoms with E-state index in [2.05, 4.69) is 20.3 Å². The average molecular weight is 237 g/mol. The molecule has 1 saturated heterocycles. The number of hydrogen-bond acceptors (Lipinski definition) is 4. The van der Waals surface area contributed by atoms with E-state index in [4.69, 9.17) is 0 Å². The van der Waals surface area contributed by atoms with Gasteiger partial charge in [0.05, 0.1) is 0 Å². The van der Waals surface area contributed by atoms with Crippen molar-refractivity contribution in [1.82, 2.24) is 25.0 Å². The third kappa shape index (κ3) is 3.26. The number of likely N-dealkylation sites (tertiary alicyclic amines) is 1. The van der Waals surface area contributed by atoms with Crippen LogP contribution in [0.25, 0.3) is 0 Å². The average Bonchev–Trinajstić information content (AvgIpc) is 3.00. The normalized spacial score (nSPS) is 18.2. The fourth-order valence-electron chi connectivity index (χ4n) is 2.03. The van der Waals surface area contributed by atoms with Crippen molar-refractivity contribution in [3.63, 3.8) is 0 Å². The minimum absolute atomic E-state index is 0.00491. The molecule has 2 heterocycles. The van der Waals surface area contributed by atoms with Crippen molar-refractivity contribution in [3.05, 3.63) is 12.7 Å². The number of nitrogens with zero attached hydrogens (tertiary/aromatic N) is 4. The van der Waals surface area contributed by atoms with E-state index < -0.39 is 0 Å². The molecule has 1 atom stereocenters. The van der Waals surface area contributed by atoms with Gasteiger partial charge in [-0.05, 0) is 32.9 Å². The number of nitrogens with one attached hydrogen (secondary N) is 1. The van der Waals surface area contributed by atoms with Crippen LogP contribution in [-0.2, 0) is 4.79 Å². The molecule has 1 aromatic rings. The Bertz CT molecular complexity index is 345. The van der Waals surface area contributed by atoms with Crippen molar-refractivity contribution in [2.75, 3.05) is 26.2 Å². The smallest absolute Gasteiger partial charge is 0.244 e. The Hall–Kier alpha value is -1.43. The Labute approximate surface area is 101 Å². The highest BCUT2D eigenvalue weighted by Crippen LogP contribution is 2.06. The molecule has 1 aromatic heterocycles. The van der Waals surface area contributed by atoms with E-state index in [1.807, 2.05) is 6.92 Å². The van der Waals surface area contributed by atoms with Crippen LogP contribution in [0.2, 0.25) is 0 Å². The first-order chi connectivity index (χ1) is 8.27. The molecule has 1 aliphatic heterocycles. The van der Waals surface area contributed by atoms with Crippen LogP contribution >= 0.6 is 0 Å². The molecule has 0 spiro atoms. The Kier molecular flexibility index (Phi) is 4.08. The topological polar surface area (TPSA) is 63.1 Å². The van der Waals surface area contributed by atoms with Crippen LogP contribution in [0.3, 0.4) is 0 Å². The van der Waals surface area contributed by atoms with E-state index in [-0.39, 0.29) is 11.9 Å². The van der Waals surface area contributed by atoms with Crippen molar-refractivity contribution in [1.29, 1.82) is 0 Å². The summed E-state index contributed by atoms with van der Waals surface area (Å²) >= 11 is 0. The van der Waals surface area contributed by atoms with Gasteiger partial charge in [0.2, 0.25) is 5.91 Å². The van der Waals surface area contributed by atoms with E-state index >= 15 is 0 Å². The quantitative estimate of drug-likeness (QED) is 0.786. The fraction of sp³-hybridized carbons (Fsp3) is 0.727.